The molecule has 0 aromatic rings. The van der Waals surface area contributed by atoms with Crippen LogP contribution in [0.25, 0.3) is 0 Å². The van der Waals surface area contributed by atoms with Gasteiger partial charge in [0.2, 0.25) is 5.91 Å². The molecule has 0 spiro atoms. The van der Waals surface area contributed by atoms with Gasteiger partial charge in [-0.2, -0.15) is 0 Å². The lowest BCUT2D eigenvalue weighted by molar-refractivity contribution is -0.359. The van der Waals surface area contributed by atoms with E-state index in [9.17, 15) is 45.6 Å². The molecule has 0 radical (unpaired) electrons. The van der Waals surface area contributed by atoms with Gasteiger partial charge in [0.1, 0.15) is 48.8 Å². The normalized spacial score (nSPS) is 23.4. The fourth-order valence-electron chi connectivity index (χ4n) is 12.2. The highest BCUT2D eigenvalue weighted by atomic mass is 16.7. The van der Waals surface area contributed by atoms with Crippen molar-refractivity contribution in [2.24, 2.45) is 0 Å². The second-order valence-corrected chi connectivity index (χ2v) is 26.0. The zero-order valence-electron chi connectivity index (χ0n) is 56.2. The number of hydrogen-bond donors (Lipinski definition) is 9. The molecule has 2 fully saturated rings. The molecule has 2 aliphatic heterocycles. The Morgan fingerprint density at radius 3 is 1.20 bits per heavy atom. The summed E-state index contributed by atoms with van der Waals surface area (Å²) in [7, 11) is 0. The topological polar surface area (TPSA) is 228 Å². The van der Waals surface area contributed by atoms with Gasteiger partial charge in [-0.05, 0) is 51.4 Å². The summed E-state index contributed by atoms with van der Waals surface area (Å²) in [5, 5.41) is 87.6. The number of unbranched alkanes of at least 4 members (excludes halogenated alkanes) is 40. The van der Waals surface area contributed by atoms with E-state index in [1.165, 1.54) is 218 Å². The number of ether oxygens (including phenoxy) is 4. The summed E-state index contributed by atoms with van der Waals surface area (Å²) in [6.07, 6.45) is 60.0. The van der Waals surface area contributed by atoms with Gasteiger partial charge in [0, 0.05) is 6.42 Å². The van der Waals surface area contributed by atoms with Gasteiger partial charge in [-0.3, -0.25) is 4.79 Å². The number of nitrogens with one attached hydrogen (secondary N) is 1. The van der Waals surface area contributed by atoms with Gasteiger partial charge in [0.15, 0.2) is 12.6 Å². The summed E-state index contributed by atoms with van der Waals surface area (Å²) in [6, 6.07) is -0.827. The Morgan fingerprint density at radius 1 is 0.420 bits per heavy atom. The smallest absolute Gasteiger partial charge is 0.220 e. The van der Waals surface area contributed by atoms with Crippen LogP contribution in [0.3, 0.4) is 0 Å². The lowest BCUT2D eigenvalue weighted by Crippen LogP contribution is -2.65. The second-order valence-electron chi connectivity index (χ2n) is 26.0. The number of carbonyl (C=O) groups is 1. The van der Waals surface area contributed by atoms with Crippen molar-refractivity contribution in [3.05, 3.63) is 48.6 Å². The number of allylic oxidation sites excluding steroid dienone is 8. The third-order valence-electron chi connectivity index (χ3n) is 18.1. The average Bonchev–Trinajstić information content (AvgIpc) is 2.07. The first-order chi connectivity index (χ1) is 43.1. The first kappa shape index (κ1) is 82.0. The van der Waals surface area contributed by atoms with Crippen LogP contribution >= 0.6 is 0 Å². The van der Waals surface area contributed by atoms with Crippen molar-refractivity contribution in [1.82, 2.24) is 5.32 Å². The van der Waals surface area contributed by atoms with E-state index in [0.29, 0.717) is 12.8 Å². The van der Waals surface area contributed by atoms with Gasteiger partial charge in [-0.15, -0.1) is 0 Å². The van der Waals surface area contributed by atoms with E-state index in [2.05, 4.69) is 67.8 Å². The highest BCUT2D eigenvalue weighted by molar-refractivity contribution is 5.76. The van der Waals surface area contributed by atoms with Crippen molar-refractivity contribution < 1.29 is 64.6 Å². The Hall–Kier alpha value is -2.05. The molecule has 0 aliphatic carbocycles. The number of carbonyl (C=O) groups excluding carboxylic acids is 1. The van der Waals surface area contributed by atoms with Gasteiger partial charge in [0.25, 0.3) is 0 Å². The van der Waals surface area contributed by atoms with Gasteiger partial charge in [-0.1, -0.05) is 313 Å². The van der Waals surface area contributed by atoms with Crippen LogP contribution in [0.5, 0.6) is 0 Å². The van der Waals surface area contributed by atoms with Crippen molar-refractivity contribution in [2.45, 2.75) is 396 Å². The number of aliphatic hydroxyl groups is 8. The minimum Gasteiger partial charge on any atom is -0.394 e. The number of rotatable bonds is 61. The Morgan fingerprint density at radius 2 is 0.784 bits per heavy atom. The highest BCUT2D eigenvalue weighted by Gasteiger charge is 2.51. The van der Waals surface area contributed by atoms with Crippen LogP contribution in [0, 0.1) is 0 Å². The van der Waals surface area contributed by atoms with E-state index >= 15 is 0 Å². The molecule has 9 N–H and O–H groups in total. The second kappa shape index (κ2) is 58.7. The summed E-state index contributed by atoms with van der Waals surface area (Å²) in [4.78, 5) is 13.4. The summed E-state index contributed by atoms with van der Waals surface area (Å²) < 4.78 is 22.9. The van der Waals surface area contributed by atoms with Crippen molar-refractivity contribution in [1.29, 1.82) is 0 Å². The Bertz CT molecular complexity index is 1660. The standard InChI is InChI=1S/C74H137NO13/c1-3-5-7-9-11-13-15-17-19-21-22-23-24-25-26-27-28-29-30-31-32-33-34-35-36-37-38-39-40-42-44-46-48-50-52-54-56-58-66(79)75-62(63(78)57-55-53-51-49-47-45-43-41-20-18-16-14-12-10-8-6-4-2)61-85-73-71(84)69(82)72(65(60-77)87-73)88-74-70(83)68(81)67(80)64(59-76)86-74/h5,7,11,13,17,19,22-23,62-65,67-74,76-78,80-84H,3-4,6,8-10,12,14-16,18,20-21,24-61H2,1-2H3,(H,75,79)/b7-5-,13-11-,19-17-,23-22-. The molecule has 0 aromatic carbocycles. The minimum absolute atomic E-state index is 0.200. The molecule has 12 atom stereocenters. The molecule has 2 rings (SSSR count). The van der Waals surface area contributed by atoms with Crippen LogP contribution < -0.4 is 5.32 Å². The van der Waals surface area contributed by atoms with Crippen LogP contribution in [0.15, 0.2) is 48.6 Å². The lowest BCUT2D eigenvalue weighted by Gasteiger charge is -2.46. The molecule has 14 nitrogen and oxygen atoms in total. The van der Waals surface area contributed by atoms with Gasteiger partial charge in [-0.25, -0.2) is 0 Å². The van der Waals surface area contributed by atoms with Crippen LogP contribution in [0.2, 0.25) is 0 Å². The molecular formula is C74H137NO13. The monoisotopic (exact) mass is 1250 g/mol. The van der Waals surface area contributed by atoms with Crippen molar-refractivity contribution >= 4 is 5.91 Å². The highest BCUT2D eigenvalue weighted by Crippen LogP contribution is 2.30. The number of amides is 1. The summed E-state index contributed by atoms with van der Waals surface area (Å²) in [5.74, 6) is -0.200. The Labute approximate surface area is 537 Å². The van der Waals surface area contributed by atoms with Crippen LogP contribution in [0.4, 0.5) is 0 Å². The van der Waals surface area contributed by atoms with E-state index in [-0.39, 0.29) is 12.5 Å². The first-order valence-electron chi connectivity index (χ1n) is 36.9. The molecule has 0 saturated carbocycles. The largest absolute Gasteiger partial charge is 0.394 e. The number of aliphatic hydroxyl groups excluding tert-OH is 8. The van der Waals surface area contributed by atoms with Crippen LogP contribution in [-0.4, -0.2) is 140 Å². The molecule has 516 valence electrons. The van der Waals surface area contributed by atoms with E-state index in [1.807, 2.05) is 0 Å². The molecule has 2 heterocycles. The third-order valence-corrected chi connectivity index (χ3v) is 18.1. The van der Waals surface area contributed by atoms with Crippen molar-refractivity contribution in [3.63, 3.8) is 0 Å². The maximum absolute atomic E-state index is 13.4. The van der Waals surface area contributed by atoms with E-state index in [4.69, 9.17) is 18.9 Å². The SMILES string of the molecule is CC/C=C\C/C=C\C/C=C\C/C=C\CCCCCCCCCCCCCCCCCCCCCCCCCCC(=O)NC(COC1OC(CO)C(OC2OC(CO)C(O)C(O)C2O)C(O)C1O)C(O)CCCCCCCCCCCCCCCCCCC. The minimum atomic E-state index is -1.78. The predicted molar refractivity (Wildman–Crippen MR) is 360 cm³/mol. The van der Waals surface area contributed by atoms with Gasteiger partial charge < -0.3 is 65.1 Å². The van der Waals surface area contributed by atoms with E-state index < -0.39 is 86.8 Å². The third kappa shape index (κ3) is 42.2. The van der Waals surface area contributed by atoms with Crippen molar-refractivity contribution in [2.75, 3.05) is 19.8 Å². The van der Waals surface area contributed by atoms with E-state index in [0.717, 1.165) is 77.0 Å². The quantitative estimate of drug-likeness (QED) is 0.0204. The molecule has 1 amide bonds. The first-order valence-corrected chi connectivity index (χ1v) is 36.9. The number of hydrogen-bond acceptors (Lipinski definition) is 13. The molecule has 14 heteroatoms. The summed E-state index contributed by atoms with van der Waals surface area (Å²) in [5.41, 5.74) is 0. The van der Waals surface area contributed by atoms with E-state index in [1.54, 1.807) is 0 Å². The maximum Gasteiger partial charge on any atom is 0.220 e. The van der Waals surface area contributed by atoms with Crippen molar-refractivity contribution in [3.8, 4) is 0 Å². The predicted octanol–water partition coefficient (Wildman–Crippen LogP) is 15.5. The van der Waals surface area contributed by atoms with Gasteiger partial charge >= 0.3 is 0 Å². The zero-order valence-corrected chi connectivity index (χ0v) is 56.2. The van der Waals surface area contributed by atoms with Crippen LogP contribution in [-0.2, 0) is 23.7 Å². The fraction of sp³-hybridized carbons (Fsp3) is 0.878. The maximum atomic E-state index is 13.4. The zero-order chi connectivity index (χ0) is 63.8. The fourth-order valence-corrected chi connectivity index (χ4v) is 12.2. The molecule has 0 bridgehead atoms. The lowest BCUT2D eigenvalue weighted by atomic mass is 9.97. The van der Waals surface area contributed by atoms with Crippen LogP contribution in [0.1, 0.15) is 322 Å². The molecule has 0 aromatic heterocycles. The average molecular weight is 1250 g/mol. The molecular weight excluding hydrogens is 1110 g/mol. The molecule has 2 aliphatic rings. The summed E-state index contributed by atoms with van der Waals surface area (Å²) >= 11 is 0. The van der Waals surface area contributed by atoms with Gasteiger partial charge in [0.05, 0.1) is 32.0 Å². The Balaban J connectivity index is 1.57. The molecule has 12 unspecified atom stereocenters. The summed E-state index contributed by atoms with van der Waals surface area (Å²) in [6.45, 7) is 2.79. The molecule has 2 saturated heterocycles. The Kier molecular flexibility index (Phi) is 54.8. The molecule has 88 heavy (non-hydrogen) atoms.